The van der Waals surface area contributed by atoms with E-state index in [1.54, 1.807) is 12.2 Å². The van der Waals surface area contributed by atoms with Gasteiger partial charge in [0, 0.05) is 0 Å². The highest BCUT2D eigenvalue weighted by molar-refractivity contribution is 6.28. The monoisotopic (exact) mass is 240 g/mol. The molecule has 86 valence electrons. The van der Waals surface area contributed by atoms with E-state index in [1.807, 2.05) is 24.3 Å². The van der Waals surface area contributed by atoms with Gasteiger partial charge in [-0.3, -0.25) is 5.43 Å². The van der Waals surface area contributed by atoms with Crippen molar-refractivity contribution >= 4 is 17.4 Å². The summed E-state index contributed by atoms with van der Waals surface area (Å²) in [6.45, 7) is 0.664. The summed E-state index contributed by atoms with van der Waals surface area (Å²) in [5.41, 5.74) is 6.90. The number of hydrazine groups is 2. The lowest BCUT2D eigenvalue weighted by Crippen LogP contribution is -2.38. The Morgan fingerprint density at radius 2 is 2.12 bits per heavy atom. The first-order valence-electron chi connectivity index (χ1n) is 4.87. The predicted octanol–water partition coefficient (Wildman–Crippen LogP) is 1.07. The van der Waals surface area contributed by atoms with Crippen LogP contribution in [0.5, 0.6) is 5.75 Å². The molecule has 1 aliphatic heterocycles. The fraction of sp³-hybridized carbons (Fsp3) is 0.300. The second-order valence-corrected chi connectivity index (χ2v) is 3.59. The molecule has 0 aromatic heterocycles. The molecule has 0 saturated heterocycles. The van der Waals surface area contributed by atoms with Crippen molar-refractivity contribution in [1.82, 2.24) is 16.1 Å². The molecule has 2 N–H and O–H groups in total. The summed E-state index contributed by atoms with van der Waals surface area (Å²) in [4.78, 5) is 0. The standard InChI is InChI=1S/C10H13ClN4O/c1-16-9-4-2-8(3-5-9)7-15-13-10(6-11)12-14-15/h2-5,14H,6-7H2,1H3,(H,12,13). The molecule has 0 spiro atoms. The minimum atomic E-state index is 0.367. The lowest BCUT2D eigenvalue weighted by molar-refractivity contribution is 0.197. The molecule has 0 aliphatic carbocycles. The fourth-order valence-corrected chi connectivity index (χ4v) is 1.48. The number of halogens is 1. The molecule has 1 heterocycles. The number of hydrazone groups is 1. The maximum absolute atomic E-state index is 5.64. The highest BCUT2D eigenvalue weighted by Gasteiger charge is 2.11. The number of alkyl halides is 1. The van der Waals surface area contributed by atoms with Crippen LogP contribution in [0.25, 0.3) is 0 Å². The molecule has 1 aromatic rings. The third-order valence-electron chi connectivity index (χ3n) is 2.19. The van der Waals surface area contributed by atoms with E-state index < -0.39 is 0 Å². The van der Waals surface area contributed by atoms with Crippen LogP contribution in [0.1, 0.15) is 5.56 Å². The minimum Gasteiger partial charge on any atom is -0.497 e. The second kappa shape index (κ2) is 5.05. The molecule has 5 nitrogen and oxygen atoms in total. The van der Waals surface area contributed by atoms with Crippen molar-refractivity contribution in [2.75, 3.05) is 13.0 Å². The molecule has 0 fully saturated rings. The summed E-state index contributed by atoms with van der Waals surface area (Å²) in [5, 5.41) is 5.90. The smallest absolute Gasteiger partial charge is 0.154 e. The van der Waals surface area contributed by atoms with Crippen molar-refractivity contribution in [2.24, 2.45) is 5.10 Å². The van der Waals surface area contributed by atoms with E-state index in [0.717, 1.165) is 17.1 Å². The zero-order chi connectivity index (χ0) is 11.4. The number of nitrogens with one attached hydrogen (secondary N) is 2. The van der Waals surface area contributed by atoms with Crippen molar-refractivity contribution in [3.8, 4) is 5.75 Å². The molecule has 0 atom stereocenters. The van der Waals surface area contributed by atoms with Crippen molar-refractivity contribution in [3.05, 3.63) is 29.8 Å². The molecule has 16 heavy (non-hydrogen) atoms. The number of benzene rings is 1. The van der Waals surface area contributed by atoms with Crippen LogP contribution >= 0.6 is 11.6 Å². The Kier molecular flexibility index (Phi) is 3.48. The Balaban J connectivity index is 1.96. The predicted molar refractivity (Wildman–Crippen MR) is 63.0 cm³/mol. The Morgan fingerprint density at radius 3 is 2.69 bits per heavy atom. The molecule has 0 saturated carbocycles. The van der Waals surface area contributed by atoms with Crippen LogP contribution < -0.4 is 15.7 Å². The van der Waals surface area contributed by atoms with E-state index in [9.17, 15) is 0 Å². The van der Waals surface area contributed by atoms with Gasteiger partial charge in [-0.2, -0.15) is 0 Å². The molecule has 1 aromatic carbocycles. The van der Waals surface area contributed by atoms with Gasteiger partial charge < -0.3 is 4.74 Å². The number of hydrogen-bond acceptors (Lipinski definition) is 5. The first kappa shape index (κ1) is 11.0. The van der Waals surface area contributed by atoms with Gasteiger partial charge in [0.25, 0.3) is 0 Å². The first-order valence-corrected chi connectivity index (χ1v) is 5.41. The van der Waals surface area contributed by atoms with Gasteiger partial charge in [-0.05, 0) is 17.7 Å². The summed E-state index contributed by atoms with van der Waals surface area (Å²) in [5.74, 6) is 1.93. The van der Waals surface area contributed by atoms with Crippen LogP contribution in [0.3, 0.4) is 0 Å². The average Bonchev–Trinajstić information content (AvgIpc) is 2.78. The zero-order valence-corrected chi connectivity index (χ0v) is 9.66. The fourth-order valence-electron chi connectivity index (χ4n) is 1.36. The topological polar surface area (TPSA) is 48.9 Å². The Hall–Kier alpha value is -1.46. The highest BCUT2D eigenvalue weighted by Crippen LogP contribution is 2.12. The van der Waals surface area contributed by atoms with E-state index >= 15 is 0 Å². The molecule has 1 aliphatic rings. The number of amidine groups is 1. The zero-order valence-electron chi connectivity index (χ0n) is 8.90. The second-order valence-electron chi connectivity index (χ2n) is 3.32. The van der Waals surface area contributed by atoms with Crippen molar-refractivity contribution in [3.63, 3.8) is 0 Å². The molecule has 0 amide bonds. The minimum absolute atomic E-state index is 0.367. The number of nitrogens with zero attached hydrogens (tertiary/aromatic N) is 2. The van der Waals surface area contributed by atoms with Gasteiger partial charge in [0.1, 0.15) is 5.75 Å². The van der Waals surface area contributed by atoms with Gasteiger partial charge >= 0.3 is 0 Å². The van der Waals surface area contributed by atoms with Crippen LogP contribution in [0.4, 0.5) is 0 Å². The van der Waals surface area contributed by atoms with Crippen LogP contribution in [0, 0.1) is 0 Å². The van der Waals surface area contributed by atoms with Crippen molar-refractivity contribution < 1.29 is 4.74 Å². The Labute approximate surface area is 99.0 Å². The van der Waals surface area contributed by atoms with Gasteiger partial charge in [-0.25, -0.2) is 5.12 Å². The molecule has 0 bridgehead atoms. The van der Waals surface area contributed by atoms with E-state index in [2.05, 4.69) is 16.1 Å². The van der Waals surface area contributed by atoms with Crippen LogP contribution in [0.2, 0.25) is 0 Å². The maximum atomic E-state index is 5.64. The summed E-state index contributed by atoms with van der Waals surface area (Å²) in [6, 6.07) is 7.83. The van der Waals surface area contributed by atoms with Crippen LogP contribution in [-0.2, 0) is 6.54 Å². The average molecular weight is 241 g/mol. The van der Waals surface area contributed by atoms with Gasteiger partial charge in [0.15, 0.2) is 5.84 Å². The van der Waals surface area contributed by atoms with Crippen molar-refractivity contribution in [1.29, 1.82) is 0 Å². The summed E-state index contributed by atoms with van der Waals surface area (Å²) in [7, 11) is 1.65. The molecule has 2 rings (SSSR count). The molecule has 0 unspecified atom stereocenters. The highest BCUT2D eigenvalue weighted by atomic mass is 35.5. The van der Waals surface area contributed by atoms with E-state index in [1.165, 1.54) is 0 Å². The molecular weight excluding hydrogens is 228 g/mol. The summed E-state index contributed by atoms with van der Waals surface area (Å²) >= 11 is 5.64. The SMILES string of the molecule is COc1ccc(CN2N=C(CCl)NN2)cc1. The number of methoxy groups -OCH3 is 1. The summed E-state index contributed by atoms with van der Waals surface area (Å²) in [6.07, 6.45) is 0. The van der Waals surface area contributed by atoms with Crippen LogP contribution in [0.15, 0.2) is 29.4 Å². The maximum Gasteiger partial charge on any atom is 0.154 e. The van der Waals surface area contributed by atoms with Gasteiger partial charge in [0.05, 0.1) is 19.5 Å². The normalized spacial score (nSPS) is 14.6. The first-order chi connectivity index (χ1) is 7.81. The Morgan fingerprint density at radius 1 is 1.38 bits per heavy atom. The quantitative estimate of drug-likeness (QED) is 0.773. The third-order valence-corrected chi connectivity index (χ3v) is 2.44. The van der Waals surface area contributed by atoms with E-state index in [0.29, 0.717) is 12.4 Å². The van der Waals surface area contributed by atoms with E-state index in [-0.39, 0.29) is 0 Å². The van der Waals surface area contributed by atoms with Gasteiger partial charge in [-0.1, -0.05) is 12.1 Å². The third kappa shape index (κ3) is 2.56. The number of hydrogen-bond donors (Lipinski definition) is 2. The molecular formula is C10H13ClN4O. The summed E-state index contributed by atoms with van der Waals surface area (Å²) < 4.78 is 5.09. The van der Waals surface area contributed by atoms with E-state index in [4.69, 9.17) is 16.3 Å². The molecule has 0 radical (unpaired) electrons. The molecule has 6 heteroatoms. The van der Waals surface area contributed by atoms with Crippen molar-refractivity contribution in [2.45, 2.75) is 6.54 Å². The lowest BCUT2D eigenvalue weighted by Gasteiger charge is -2.12. The number of ether oxygens (including phenoxy) is 1. The van der Waals surface area contributed by atoms with Gasteiger partial charge in [0.2, 0.25) is 0 Å². The van der Waals surface area contributed by atoms with Crippen LogP contribution in [-0.4, -0.2) is 23.9 Å². The Bertz CT molecular complexity index is 379. The largest absolute Gasteiger partial charge is 0.497 e. The van der Waals surface area contributed by atoms with Gasteiger partial charge in [-0.15, -0.1) is 22.2 Å². The lowest BCUT2D eigenvalue weighted by atomic mass is 10.2. The number of rotatable bonds is 4.